The van der Waals surface area contributed by atoms with Gasteiger partial charge in [0.15, 0.2) is 0 Å². The van der Waals surface area contributed by atoms with Gasteiger partial charge in [-0.2, -0.15) is 0 Å². The maximum Gasteiger partial charge on any atom is 0.0595 e. The molecule has 0 spiro atoms. The highest BCUT2D eigenvalue weighted by Crippen LogP contribution is 2.32. The van der Waals surface area contributed by atoms with Gasteiger partial charge in [-0.25, -0.2) is 0 Å². The molecule has 4 rings (SSSR count). The summed E-state index contributed by atoms with van der Waals surface area (Å²) in [6.07, 6.45) is 2.13. The monoisotopic (exact) mass is 369 g/mol. The summed E-state index contributed by atoms with van der Waals surface area (Å²) in [5.41, 5.74) is 4.22. The molecule has 3 aromatic carbocycles. The van der Waals surface area contributed by atoms with Gasteiger partial charge in [-0.1, -0.05) is 65.7 Å². The Bertz CT molecular complexity index is 919. The van der Waals surface area contributed by atoms with Crippen LogP contribution in [0, 0.1) is 0 Å². The zero-order chi connectivity index (χ0) is 17.4. The summed E-state index contributed by atoms with van der Waals surface area (Å²) in [7, 11) is 0. The van der Waals surface area contributed by atoms with Crippen molar-refractivity contribution < 1.29 is 0 Å². The molecule has 1 atom stereocenters. The van der Waals surface area contributed by atoms with Gasteiger partial charge in [-0.3, -0.25) is 4.90 Å². The summed E-state index contributed by atoms with van der Waals surface area (Å²) in [5.74, 6) is 0. The Balaban J connectivity index is 1.46. The van der Waals surface area contributed by atoms with Gasteiger partial charge in [-0.15, -0.1) is 0 Å². The highest BCUT2D eigenvalue weighted by Gasteiger charge is 2.24. The van der Waals surface area contributed by atoms with E-state index in [0.717, 1.165) is 25.9 Å². The number of benzene rings is 3. The Hall–Kier alpha value is -1.54. The van der Waals surface area contributed by atoms with Crippen LogP contribution in [0.15, 0.2) is 54.6 Å². The summed E-state index contributed by atoms with van der Waals surface area (Å²) in [5, 5.41) is 4.01. The average molecular weight is 370 g/mol. The lowest BCUT2D eigenvalue weighted by molar-refractivity contribution is 0.203. The second kappa shape index (κ2) is 6.99. The molecule has 0 aromatic heterocycles. The van der Waals surface area contributed by atoms with E-state index in [9.17, 15) is 0 Å². The van der Waals surface area contributed by atoms with Gasteiger partial charge >= 0.3 is 0 Å². The van der Waals surface area contributed by atoms with Crippen molar-refractivity contribution in [2.24, 2.45) is 0 Å². The topological polar surface area (TPSA) is 3.24 Å². The molecule has 3 aromatic rings. The fourth-order valence-corrected chi connectivity index (χ4v) is 4.08. The number of nitrogens with zero attached hydrogens (tertiary/aromatic N) is 1. The van der Waals surface area contributed by atoms with Crippen LogP contribution in [0.5, 0.6) is 0 Å². The smallest absolute Gasteiger partial charge is 0.0595 e. The van der Waals surface area contributed by atoms with Gasteiger partial charge in [0.2, 0.25) is 0 Å². The first kappa shape index (κ1) is 16.9. The maximum absolute atomic E-state index is 6.13. The van der Waals surface area contributed by atoms with E-state index in [-0.39, 0.29) is 0 Å². The third-order valence-corrected chi connectivity index (χ3v) is 6.07. The molecule has 3 heteroatoms. The Morgan fingerprint density at radius 2 is 1.80 bits per heavy atom. The van der Waals surface area contributed by atoms with Gasteiger partial charge in [0.25, 0.3) is 0 Å². The fraction of sp³-hybridized carbons (Fsp3) is 0.273. The Morgan fingerprint density at radius 3 is 2.64 bits per heavy atom. The van der Waals surface area contributed by atoms with Crippen molar-refractivity contribution >= 4 is 34.0 Å². The Morgan fingerprint density at radius 1 is 0.960 bits per heavy atom. The second-order valence-corrected chi connectivity index (χ2v) is 7.78. The predicted octanol–water partition coefficient (Wildman–Crippen LogP) is 6.48. The first-order valence-electron chi connectivity index (χ1n) is 8.79. The van der Waals surface area contributed by atoms with E-state index in [0.29, 0.717) is 16.1 Å². The van der Waals surface area contributed by atoms with Crippen LogP contribution in [0.25, 0.3) is 10.8 Å². The van der Waals surface area contributed by atoms with E-state index in [1.807, 2.05) is 12.1 Å². The number of fused-ring (bicyclic) bond motifs is 3. The average Bonchev–Trinajstić information content (AvgIpc) is 3.07. The molecular formula is C22H21Cl2N. The minimum absolute atomic E-state index is 0.528. The highest BCUT2D eigenvalue weighted by molar-refractivity contribution is 6.42. The second-order valence-electron chi connectivity index (χ2n) is 6.97. The van der Waals surface area contributed by atoms with Gasteiger partial charge in [0.05, 0.1) is 10.0 Å². The van der Waals surface area contributed by atoms with Gasteiger partial charge < -0.3 is 0 Å². The minimum atomic E-state index is 0.528. The van der Waals surface area contributed by atoms with Crippen LogP contribution in [-0.2, 0) is 19.5 Å². The van der Waals surface area contributed by atoms with Gasteiger partial charge in [0.1, 0.15) is 0 Å². The molecule has 0 unspecified atom stereocenters. The lowest BCUT2D eigenvalue weighted by atomic mass is 10.0. The van der Waals surface area contributed by atoms with Crippen molar-refractivity contribution in [2.45, 2.75) is 38.9 Å². The third kappa shape index (κ3) is 3.42. The summed E-state index contributed by atoms with van der Waals surface area (Å²) in [6, 6.07) is 19.7. The zero-order valence-corrected chi connectivity index (χ0v) is 15.8. The quantitative estimate of drug-likeness (QED) is 0.508. The Kier molecular flexibility index (Phi) is 4.73. The van der Waals surface area contributed by atoms with Crippen molar-refractivity contribution in [3.63, 3.8) is 0 Å². The fourth-order valence-electron chi connectivity index (χ4n) is 3.76. The van der Waals surface area contributed by atoms with E-state index < -0.39 is 0 Å². The van der Waals surface area contributed by atoms with Gasteiger partial charge in [0, 0.05) is 19.1 Å². The first-order valence-corrected chi connectivity index (χ1v) is 9.55. The summed E-state index contributed by atoms with van der Waals surface area (Å²) < 4.78 is 0. The molecule has 0 radical (unpaired) electrons. The predicted molar refractivity (Wildman–Crippen MR) is 107 cm³/mol. The van der Waals surface area contributed by atoms with Gasteiger partial charge in [-0.05, 0) is 59.4 Å². The molecule has 0 saturated heterocycles. The largest absolute Gasteiger partial charge is 0.292 e. The number of hydrogen-bond acceptors (Lipinski definition) is 1. The molecule has 128 valence electrons. The molecule has 0 fully saturated rings. The molecule has 25 heavy (non-hydrogen) atoms. The number of halogens is 2. The maximum atomic E-state index is 6.13. The van der Waals surface area contributed by atoms with Crippen LogP contribution < -0.4 is 0 Å². The molecule has 1 heterocycles. The van der Waals surface area contributed by atoms with Crippen molar-refractivity contribution in [1.29, 1.82) is 0 Å². The molecule has 1 aliphatic heterocycles. The molecule has 0 amide bonds. The standard InChI is InChI=1S/C22H21Cl2N/c1-15(6-7-16-8-11-21(23)22(24)12-16)25-13-18-10-9-17-4-2-3-5-19(17)20(18)14-25/h2-5,8-12,15H,6-7,13-14H2,1H3/t15-/m1/s1. The van der Waals surface area contributed by atoms with E-state index in [2.05, 4.69) is 54.3 Å². The molecule has 0 N–H and O–H groups in total. The van der Waals surface area contributed by atoms with Crippen molar-refractivity contribution in [3.05, 3.63) is 81.3 Å². The van der Waals surface area contributed by atoms with E-state index in [1.54, 1.807) is 0 Å². The van der Waals surface area contributed by atoms with Crippen molar-refractivity contribution in [3.8, 4) is 0 Å². The van der Waals surface area contributed by atoms with Crippen LogP contribution in [-0.4, -0.2) is 10.9 Å². The molecule has 1 nitrogen and oxygen atoms in total. The van der Waals surface area contributed by atoms with Crippen molar-refractivity contribution in [1.82, 2.24) is 4.90 Å². The van der Waals surface area contributed by atoms with E-state index in [4.69, 9.17) is 23.2 Å². The molecule has 0 saturated carbocycles. The van der Waals surface area contributed by atoms with Crippen LogP contribution in [0.3, 0.4) is 0 Å². The first-order chi connectivity index (χ1) is 12.1. The summed E-state index contributed by atoms with van der Waals surface area (Å²) in [4.78, 5) is 2.58. The number of rotatable bonds is 4. The number of hydrogen-bond donors (Lipinski definition) is 0. The molecule has 0 aliphatic carbocycles. The summed E-state index contributed by atoms with van der Waals surface area (Å²) >= 11 is 12.1. The molecule has 0 bridgehead atoms. The third-order valence-electron chi connectivity index (χ3n) is 5.33. The normalized spacial score (nSPS) is 15.5. The van der Waals surface area contributed by atoms with Crippen LogP contribution in [0.1, 0.15) is 30.0 Å². The lowest BCUT2D eigenvalue weighted by Crippen LogP contribution is -2.28. The van der Waals surface area contributed by atoms with Crippen LogP contribution in [0.2, 0.25) is 10.0 Å². The lowest BCUT2D eigenvalue weighted by Gasteiger charge is -2.24. The van der Waals surface area contributed by atoms with Crippen LogP contribution >= 0.6 is 23.2 Å². The van der Waals surface area contributed by atoms with Crippen molar-refractivity contribution in [2.75, 3.05) is 0 Å². The SMILES string of the molecule is C[C@H](CCc1ccc(Cl)c(Cl)c1)N1Cc2ccc3ccccc3c2C1. The minimum Gasteiger partial charge on any atom is -0.292 e. The summed E-state index contributed by atoms with van der Waals surface area (Å²) in [6.45, 7) is 4.41. The number of aryl methyl sites for hydroxylation is 1. The molecular weight excluding hydrogens is 349 g/mol. The zero-order valence-electron chi connectivity index (χ0n) is 14.3. The Labute approximate surface area is 159 Å². The van der Waals surface area contributed by atoms with Crippen LogP contribution in [0.4, 0.5) is 0 Å². The molecule has 1 aliphatic rings. The van der Waals surface area contributed by atoms with E-state index in [1.165, 1.54) is 27.5 Å². The highest BCUT2D eigenvalue weighted by atomic mass is 35.5. The van der Waals surface area contributed by atoms with E-state index >= 15 is 0 Å².